The number of aromatic nitrogens is 2. The fourth-order valence-electron chi connectivity index (χ4n) is 2.08. The van der Waals surface area contributed by atoms with Gasteiger partial charge in [0.25, 0.3) is 0 Å². The van der Waals surface area contributed by atoms with Crippen molar-refractivity contribution in [1.29, 1.82) is 0 Å². The fourth-order valence-corrected chi connectivity index (χ4v) is 2.08. The molecule has 0 saturated carbocycles. The van der Waals surface area contributed by atoms with Crippen LogP contribution in [0.2, 0.25) is 0 Å². The van der Waals surface area contributed by atoms with Gasteiger partial charge in [0.05, 0.1) is 6.61 Å². The van der Waals surface area contributed by atoms with Crippen LogP contribution in [0.25, 0.3) is 0 Å². The van der Waals surface area contributed by atoms with E-state index < -0.39 is 0 Å². The molecule has 1 aliphatic heterocycles. The van der Waals surface area contributed by atoms with Crippen molar-refractivity contribution in [2.45, 2.75) is 44.4 Å². The van der Waals surface area contributed by atoms with Crippen LogP contribution in [-0.4, -0.2) is 29.9 Å². The highest BCUT2D eigenvalue weighted by molar-refractivity contribution is 4.96. The van der Waals surface area contributed by atoms with Crippen molar-refractivity contribution in [2.75, 3.05) is 19.8 Å². The van der Waals surface area contributed by atoms with Crippen molar-refractivity contribution in [1.82, 2.24) is 10.1 Å². The zero-order valence-corrected chi connectivity index (χ0v) is 10.2. The molecule has 0 radical (unpaired) electrons. The summed E-state index contributed by atoms with van der Waals surface area (Å²) in [4.78, 5) is 4.44. The van der Waals surface area contributed by atoms with E-state index in [1.165, 1.54) is 0 Å². The first-order chi connectivity index (χ1) is 8.40. The number of nitrogens with zero attached hydrogens (tertiary/aromatic N) is 2. The summed E-state index contributed by atoms with van der Waals surface area (Å²) in [7, 11) is 0. The third kappa shape index (κ3) is 3.78. The van der Waals surface area contributed by atoms with Crippen LogP contribution in [0.5, 0.6) is 0 Å². The Balaban J connectivity index is 1.78. The lowest BCUT2D eigenvalue weighted by atomic mass is 10.0. The molecule has 1 aromatic heterocycles. The predicted molar refractivity (Wildman–Crippen MR) is 63.7 cm³/mol. The van der Waals surface area contributed by atoms with Gasteiger partial charge in [0.2, 0.25) is 5.89 Å². The first-order valence-corrected chi connectivity index (χ1v) is 6.50. The number of rotatable bonds is 6. The Morgan fingerprint density at radius 2 is 2.24 bits per heavy atom. The van der Waals surface area contributed by atoms with Crippen LogP contribution in [0.3, 0.4) is 0 Å². The van der Waals surface area contributed by atoms with E-state index in [-0.39, 0.29) is 0 Å². The van der Waals surface area contributed by atoms with Crippen molar-refractivity contribution in [3.05, 3.63) is 11.7 Å². The third-order valence-electron chi connectivity index (χ3n) is 3.10. The van der Waals surface area contributed by atoms with E-state index in [1.807, 2.05) is 0 Å². The van der Waals surface area contributed by atoms with Crippen LogP contribution < -0.4 is 5.73 Å². The Bertz CT molecular complexity index is 321. The van der Waals surface area contributed by atoms with E-state index in [0.717, 1.165) is 70.0 Å². The van der Waals surface area contributed by atoms with Gasteiger partial charge in [-0.2, -0.15) is 4.98 Å². The molecule has 1 atom stereocenters. The molecule has 0 spiro atoms. The SMILES string of the molecule is NCCCCCc1nc(C2CCCOC2)no1. The number of hydrogen-bond acceptors (Lipinski definition) is 5. The lowest BCUT2D eigenvalue weighted by Crippen LogP contribution is -2.16. The molecule has 5 heteroatoms. The van der Waals surface area contributed by atoms with E-state index in [2.05, 4.69) is 10.1 Å². The molecule has 2 N–H and O–H groups in total. The molecule has 0 bridgehead atoms. The molecular formula is C12H21N3O2. The summed E-state index contributed by atoms with van der Waals surface area (Å²) >= 11 is 0. The third-order valence-corrected chi connectivity index (χ3v) is 3.10. The van der Waals surface area contributed by atoms with Crippen LogP contribution in [0.1, 0.15) is 49.7 Å². The van der Waals surface area contributed by atoms with E-state index in [4.69, 9.17) is 15.0 Å². The summed E-state index contributed by atoms with van der Waals surface area (Å²) in [6.45, 7) is 2.35. The zero-order chi connectivity index (χ0) is 11.9. The van der Waals surface area contributed by atoms with Crippen LogP contribution in [0.15, 0.2) is 4.52 Å². The maximum absolute atomic E-state index is 5.44. The zero-order valence-electron chi connectivity index (χ0n) is 10.2. The maximum Gasteiger partial charge on any atom is 0.226 e. The molecule has 1 unspecified atom stereocenters. The van der Waals surface area contributed by atoms with Gasteiger partial charge in [0, 0.05) is 18.9 Å². The van der Waals surface area contributed by atoms with Gasteiger partial charge < -0.3 is 15.0 Å². The summed E-state index contributed by atoms with van der Waals surface area (Å²) in [6.07, 6.45) is 6.32. The van der Waals surface area contributed by atoms with Gasteiger partial charge in [-0.15, -0.1) is 0 Å². The Kier molecular flexibility index (Phi) is 4.94. The van der Waals surface area contributed by atoms with Crippen LogP contribution in [0, 0.1) is 0 Å². The van der Waals surface area contributed by atoms with E-state index in [0.29, 0.717) is 5.92 Å². The molecule has 2 heterocycles. The summed E-state index contributed by atoms with van der Waals surface area (Å²) in [6, 6.07) is 0. The minimum atomic E-state index is 0.324. The van der Waals surface area contributed by atoms with Gasteiger partial charge in [-0.1, -0.05) is 11.6 Å². The number of ether oxygens (including phenoxy) is 1. The van der Waals surface area contributed by atoms with Crippen LogP contribution in [0.4, 0.5) is 0 Å². The van der Waals surface area contributed by atoms with Crippen LogP contribution >= 0.6 is 0 Å². The van der Waals surface area contributed by atoms with Gasteiger partial charge in [0.15, 0.2) is 5.82 Å². The second-order valence-electron chi connectivity index (χ2n) is 4.56. The van der Waals surface area contributed by atoms with Crippen molar-refractivity contribution in [3.63, 3.8) is 0 Å². The highest BCUT2D eigenvalue weighted by Gasteiger charge is 2.21. The number of hydrogen-bond donors (Lipinski definition) is 1. The molecule has 1 aliphatic rings. The summed E-state index contributed by atoms with van der Waals surface area (Å²) in [5.41, 5.74) is 5.44. The largest absolute Gasteiger partial charge is 0.381 e. The molecular weight excluding hydrogens is 218 g/mol. The highest BCUT2D eigenvalue weighted by atomic mass is 16.5. The average Bonchev–Trinajstić information content (AvgIpc) is 2.85. The summed E-state index contributed by atoms with van der Waals surface area (Å²) < 4.78 is 10.7. The van der Waals surface area contributed by atoms with E-state index in [1.54, 1.807) is 0 Å². The lowest BCUT2D eigenvalue weighted by molar-refractivity contribution is 0.0773. The van der Waals surface area contributed by atoms with Crippen molar-refractivity contribution >= 4 is 0 Å². The molecule has 5 nitrogen and oxygen atoms in total. The minimum Gasteiger partial charge on any atom is -0.381 e. The second-order valence-corrected chi connectivity index (χ2v) is 4.56. The van der Waals surface area contributed by atoms with Crippen LogP contribution in [-0.2, 0) is 11.2 Å². The van der Waals surface area contributed by atoms with E-state index in [9.17, 15) is 0 Å². The molecule has 1 fully saturated rings. The Hall–Kier alpha value is -0.940. The molecule has 0 aromatic carbocycles. The Labute approximate surface area is 102 Å². The average molecular weight is 239 g/mol. The molecule has 0 aliphatic carbocycles. The molecule has 96 valence electrons. The quantitative estimate of drug-likeness (QED) is 0.764. The smallest absolute Gasteiger partial charge is 0.226 e. The van der Waals surface area contributed by atoms with Gasteiger partial charge in [-0.25, -0.2) is 0 Å². The topological polar surface area (TPSA) is 74.2 Å². The van der Waals surface area contributed by atoms with Gasteiger partial charge >= 0.3 is 0 Å². The summed E-state index contributed by atoms with van der Waals surface area (Å²) in [5.74, 6) is 1.89. The van der Waals surface area contributed by atoms with Gasteiger partial charge in [-0.3, -0.25) is 0 Å². The fraction of sp³-hybridized carbons (Fsp3) is 0.833. The number of aryl methyl sites for hydroxylation is 1. The minimum absolute atomic E-state index is 0.324. The van der Waals surface area contributed by atoms with Crippen molar-refractivity contribution in [2.24, 2.45) is 5.73 Å². The maximum atomic E-state index is 5.44. The second kappa shape index (κ2) is 6.71. The monoisotopic (exact) mass is 239 g/mol. The van der Waals surface area contributed by atoms with Crippen molar-refractivity contribution in [3.8, 4) is 0 Å². The summed E-state index contributed by atoms with van der Waals surface area (Å²) in [5, 5.41) is 4.05. The molecule has 17 heavy (non-hydrogen) atoms. The molecule has 1 saturated heterocycles. The van der Waals surface area contributed by atoms with Crippen molar-refractivity contribution < 1.29 is 9.26 Å². The first-order valence-electron chi connectivity index (χ1n) is 6.50. The first kappa shape index (κ1) is 12.5. The van der Waals surface area contributed by atoms with Gasteiger partial charge in [-0.05, 0) is 32.2 Å². The lowest BCUT2D eigenvalue weighted by Gasteiger charge is -2.18. The molecule has 1 aromatic rings. The Morgan fingerprint density at radius 1 is 1.29 bits per heavy atom. The van der Waals surface area contributed by atoms with Gasteiger partial charge in [0.1, 0.15) is 0 Å². The van der Waals surface area contributed by atoms with E-state index >= 15 is 0 Å². The standard InChI is InChI=1S/C12H21N3O2/c13-7-3-1-2-6-11-14-12(15-17-11)10-5-4-8-16-9-10/h10H,1-9,13H2. The molecule has 2 rings (SSSR count). The highest BCUT2D eigenvalue weighted by Crippen LogP contribution is 2.23. The molecule has 0 amide bonds. The number of unbranched alkanes of at least 4 members (excludes halogenated alkanes) is 2. The normalized spacial score (nSPS) is 20.6. The Morgan fingerprint density at radius 3 is 3.00 bits per heavy atom. The predicted octanol–water partition coefficient (Wildman–Crippen LogP) is 1.64. The number of nitrogens with two attached hydrogens (primary N) is 1.